The van der Waals surface area contributed by atoms with E-state index in [1.165, 1.54) is 0 Å². The number of sulfone groups is 1. The fourth-order valence-corrected chi connectivity index (χ4v) is 3.18. The number of rotatable bonds is 0. The van der Waals surface area contributed by atoms with Gasteiger partial charge in [0.1, 0.15) is 8.07 Å². The molecule has 1 aliphatic heterocycles. The highest BCUT2D eigenvalue weighted by Gasteiger charge is 2.46. The second-order valence-corrected chi connectivity index (χ2v) is 11.4. The molecule has 0 bridgehead atoms. The predicted octanol–water partition coefficient (Wildman–Crippen LogP) is 0.0267. The molecule has 1 heterocycles. The Bertz CT molecular complexity index is 354. The maximum atomic E-state index is 10.8. The number of hydrogen-bond donors (Lipinski definition) is 1. The summed E-state index contributed by atoms with van der Waals surface area (Å²) in [7, 11) is -4.51. The van der Waals surface area contributed by atoms with Crippen molar-refractivity contribution in [3.63, 3.8) is 0 Å². The number of hydrogen-bond acceptors (Lipinski definition) is 3. The molecule has 1 aliphatic rings. The third-order valence-corrected chi connectivity index (χ3v) is 4.30. The average molecular weight is 218 g/mol. The lowest BCUT2D eigenvalue weighted by atomic mass is 10.1. The molecule has 3 nitrogen and oxygen atoms in total. The first-order valence-corrected chi connectivity index (χ1v) is 9.41. The standard InChI is InChI=1S/C8H14O3SSi/c1-13(2,3)5-4-8(9)6-12(10,11)7-8/h9H,6-7H2,1-3H3. The molecular weight excluding hydrogens is 204 g/mol. The van der Waals surface area contributed by atoms with Crippen molar-refractivity contribution in [1.82, 2.24) is 0 Å². The molecule has 0 aromatic rings. The fraction of sp³-hybridized carbons (Fsp3) is 0.750. The molecule has 0 radical (unpaired) electrons. The summed E-state index contributed by atoms with van der Waals surface area (Å²) in [4.78, 5) is 0. The van der Waals surface area contributed by atoms with Crippen molar-refractivity contribution in [1.29, 1.82) is 0 Å². The summed E-state index contributed by atoms with van der Waals surface area (Å²) in [6.45, 7) is 6.16. The van der Waals surface area contributed by atoms with Crippen LogP contribution in [0.25, 0.3) is 0 Å². The summed E-state index contributed by atoms with van der Waals surface area (Å²) in [5.41, 5.74) is 1.73. The van der Waals surface area contributed by atoms with Gasteiger partial charge < -0.3 is 5.11 Å². The molecule has 0 aromatic heterocycles. The van der Waals surface area contributed by atoms with Crippen LogP contribution in [0, 0.1) is 11.5 Å². The summed E-state index contributed by atoms with van der Waals surface area (Å²) in [5, 5.41) is 9.58. The van der Waals surface area contributed by atoms with Crippen molar-refractivity contribution in [3.05, 3.63) is 0 Å². The van der Waals surface area contributed by atoms with E-state index in [-0.39, 0.29) is 11.5 Å². The minimum Gasteiger partial charge on any atom is -0.375 e. The van der Waals surface area contributed by atoms with Gasteiger partial charge in [-0.3, -0.25) is 0 Å². The molecule has 13 heavy (non-hydrogen) atoms. The van der Waals surface area contributed by atoms with E-state index in [1.807, 2.05) is 0 Å². The molecule has 0 aliphatic carbocycles. The van der Waals surface area contributed by atoms with Gasteiger partial charge in [0, 0.05) is 0 Å². The zero-order valence-corrected chi connectivity index (χ0v) is 9.90. The Hall–Kier alpha value is -0.313. The van der Waals surface area contributed by atoms with E-state index in [4.69, 9.17) is 0 Å². The molecule has 1 fully saturated rings. The minimum atomic E-state index is -2.99. The Morgan fingerprint density at radius 1 is 1.31 bits per heavy atom. The van der Waals surface area contributed by atoms with Crippen molar-refractivity contribution >= 4 is 17.9 Å². The Labute approximate surface area is 80.1 Å². The molecule has 1 rings (SSSR count). The quantitative estimate of drug-likeness (QED) is 0.461. The van der Waals surface area contributed by atoms with Gasteiger partial charge in [0.2, 0.25) is 0 Å². The van der Waals surface area contributed by atoms with Crippen LogP contribution in [0.1, 0.15) is 0 Å². The summed E-state index contributed by atoms with van der Waals surface area (Å²) in [6, 6.07) is 0. The van der Waals surface area contributed by atoms with Crippen LogP contribution in [0.2, 0.25) is 19.6 Å². The molecule has 5 heteroatoms. The molecule has 0 saturated carbocycles. The maximum absolute atomic E-state index is 10.8. The highest BCUT2D eigenvalue weighted by atomic mass is 32.2. The molecule has 0 aromatic carbocycles. The summed E-state index contributed by atoms with van der Waals surface area (Å²) < 4.78 is 21.6. The van der Waals surface area contributed by atoms with Crippen LogP contribution in [0.4, 0.5) is 0 Å². The van der Waals surface area contributed by atoms with Crippen LogP contribution in [0.15, 0.2) is 0 Å². The smallest absolute Gasteiger partial charge is 0.158 e. The Balaban J connectivity index is 2.71. The Kier molecular flexibility index (Phi) is 2.35. The molecule has 0 unspecified atom stereocenters. The second-order valence-electron chi connectivity index (χ2n) is 4.56. The van der Waals surface area contributed by atoms with Crippen molar-refractivity contribution in [3.8, 4) is 11.5 Å². The van der Waals surface area contributed by atoms with E-state index < -0.39 is 23.5 Å². The Morgan fingerprint density at radius 2 is 1.77 bits per heavy atom. The average Bonchev–Trinajstić information content (AvgIpc) is 1.77. The largest absolute Gasteiger partial charge is 0.375 e. The normalized spacial score (nSPS) is 24.0. The molecule has 74 valence electrons. The van der Waals surface area contributed by atoms with E-state index in [0.29, 0.717) is 0 Å². The second kappa shape index (κ2) is 2.84. The van der Waals surface area contributed by atoms with Gasteiger partial charge in [0.05, 0.1) is 11.5 Å². The SMILES string of the molecule is C[Si](C)(C)C#CC1(O)CS(=O)(=O)C1. The molecule has 1 N–H and O–H groups in total. The fourth-order valence-electron chi connectivity index (χ4n) is 1.06. The molecular formula is C8H14O3SSi. The third kappa shape index (κ3) is 3.14. The molecule has 0 amide bonds. The van der Waals surface area contributed by atoms with Gasteiger partial charge in [-0.1, -0.05) is 25.6 Å². The van der Waals surface area contributed by atoms with E-state index in [1.54, 1.807) is 0 Å². The highest BCUT2D eigenvalue weighted by Crippen LogP contribution is 2.22. The molecule has 1 saturated heterocycles. The van der Waals surface area contributed by atoms with Gasteiger partial charge >= 0.3 is 0 Å². The van der Waals surface area contributed by atoms with E-state index in [0.717, 1.165) is 0 Å². The lowest BCUT2D eigenvalue weighted by Crippen LogP contribution is -2.54. The minimum absolute atomic E-state index is 0.197. The Morgan fingerprint density at radius 3 is 2.08 bits per heavy atom. The summed E-state index contributed by atoms with van der Waals surface area (Å²) in [6.07, 6.45) is 0. The van der Waals surface area contributed by atoms with Gasteiger partial charge in [0.25, 0.3) is 0 Å². The zero-order valence-electron chi connectivity index (χ0n) is 8.09. The van der Waals surface area contributed by atoms with Crippen LogP contribution in [-0.4, -0.2) is 38.7 Å². The van der Waals surface area contributed by atoms with Gasteiger partial charge in [-0.25, -0.2) is 8.42 Å². The monoisotopic (exact) mass is 218 g/mol. The van der Waals surface area contributed by atoms with Crippen molar-refractivity contribution < 1.29 is 13.5 Å². The van der Waals surface area contributed by atoms with Crippen molar-refractivity contribution in [2.45, 2.75) is 25.2 Å². The lowest BCUT2D eigenvalue weighted by Gasteiger charge is -2.31. The van der Waals surface area contributed by atoms with E-state index >= 15 is 0 Å². The zero-order chi connectivity index (χ0) is 10.3. The highest BCUT2D eigenvalue weighted by molar-refractivity contribution is 7.93. The van der Waals surface area contributed by atoms with E-state index in [9.17, 15) is 13.5 Å². The molecule has 0 spiro atoms. The lowest BCUT2D eigenvalue weighted by molar-refractivity contribution is 0.133. The predicted molar refractivity (Wildman–Crippen MR) is 54.7 cm³/mol. The summed E-state index contributed by atoms with van der Waals surface area (Å²) in [5.74, 6) is 2.29. The van der Waals surface area contributed by atoms with Crippen LogP contribution in [0.3, 0.4) is 0 Å². The third-order valence-electron chi connectivity index (χ3n) is 1.59. The van der Waals surface area contributed by atoms with E-state index in [2.05, 4.69) is 31.1 Å². The van der Waals surface area contributed by atoms with Crippen molar-refractivity contribution in [2.75, 3.05) is 11.5 Å². The van der Waals surface area contributed by atoms with Crippen LogP contribution >= 0.6 is 0 Å². The van der Waals surface area contributed by atoms with Gasteiger partial charge in [-0.05, 0) is 0 Å². The van der Waals surface area contributed by atoms with Gasteiger partial charge in [0.15, 0.2) is 15.4 Å². The van der Waals surface area contributed by atoms with Crippen molar-refractivity contribution in [2.24, 2.45) is 0 Å². The van der Waals surface area contributed by atoms with Crippen LogP contribution in [0.5, 0.6) is 0 Å². The van der Waals surface area contributed by atoms with Gasteiger partial charge in [-0.2, -0.15) is 0 Å². The maximum Gasteiger partial charge on any atom is 0.158 e. The summed E-state index contributed by atoms with van der Waals surface area (Å²) >= 11 is 0. The first-order valence-electron chi connectivity index (χ1n) is 4.09. The first kappa shape index (κ1) is 10.8. The topological polar surface area (TPSA) is 54.4 Å². The first-order chi connectivity index (χ1) is 5.62. The van der Waals surface area contributed by atoms with Gasteiger partial charge in [-0.15, -0.1) is 5.54 Å². The van der Waals surface area contributed by atoms with Crippen LogP contribution in [-0.2, 0) is 9.84 Å². The van der Waals surface area contributed by atoms with Crippen LogP contribution < -0.4 is 0 Å². The molecule has 0 atom stereocenters. The number of aliphatic hydroxyl groups is 1.